The van der Waals surface area contributed by atoms with Crippen LogP contribution in [-0.2, 0) is 25.1 Å². The number of hydrogen-bond donors (Lipinski definition) is 3. The highest BCUT2D eigenvalue weighted by Crippen LogP contribution is 2.37. The minimum atomic E-state index is -4.44. The fraction of sp³-hybridized carbons (Fsp3) is 0.273. The molecule has 1 aliphatic heterocycles. The van der Waals surface area contributed by atoms with Crippen molar-refractivity contribution in [3.05, 3.63) is 59.8 Å². The molecule has 2 aromatic carbocycles. The van der Waals surface area contributed by atoms with Crippen LogP contribution in [0.25, 0.3) is 0 Å². The largest absolute Gasteiger partial charge is 0.395 e. The van der Waals surface area contributed by atoms with E-state index in [0.29, 0.717) is 10.6 Å². The molecule has 1 aliphatic rings. The topological polar surface area (TPSA) is 124 Å². The molecule has 0 radical (unpaired) electrons. The average Bonchev–Trinajstić information content (AvgIpc) is 2.96. The Morgan fingerprint density at radius 2 is 1.72 bits per heavy atom. The molecule has 10 heteroatoms. The van der Waals surface area contributed by atoms with Gasteiger partial charge in [-0.2, -0.15) is 8.42 Å². The Kier molecular flexibility index (Phi) is 6.80. The van der Waals surface area contributed by atoms with E-state index in [2.05, 4.69) is 26.1 Å². The number of aliphatic hydroxyl groups excluding tert-OH is 1. The van der Waals surface area contributed by atoms with Crippen LogP contribution in [0.15, 0.2) is 68.9 Å². The lowest BCUT2D eigenvalue weighted by atomic mass is 9.87. The summed E-state index contributed by atoms with van der Waals surface area (Å²) < 4.78 is 32.7. The van der Waals surface area contributed by atoms with Crippen LogP contribution in [0.3, 0.4) is 0 Å². The van der Waals surface area contributed by atoms with E-state index in [0.717, 1.165) is 21.4 Å². The van der Waals surface area contributed by atoms with Gasteiger partial charge in [-0.15, -0.1) is 0 Å². The Bertz CT molecular complexity index is 1180. The highest BCUT2D eigenvalue weighted by molar-refractivity contribution is 7.99. The first-order valence-electron chi connectivity index (χ1n) is 9.75. The van der Waals surface area contributed by atoms with E-state index in [9.17, 15) is 22.6 Å². The molecule has 0 unspecified atom stereocenters. The van der Waals surface area contributed by atoms with Gasteiger partial charge in [0.25, 0.3) is 21.9 Å². The Balaban J connectivity index is 1.94. The second-order valence-corrected chi connectivity index (χ2v) is 10.7. The van der Waals surface area contributed by atoms with E-state index in [-0.39, 0.29) is 29.2 Å². The van der Waals surface area contributed by atoms with Crippen molar-refractivity contribution < 1.29 is 27.7 Å². The predicted octanol–water partition coefficient (Wildman–Crippen LogP) is 3.04. The summed E-state index contributed by atoms with van der Waals surface area (Å²) in [5.74, 6) is -1.14. The molecule has 1 heterocycles. The summed E-state index contributed by atoms with van der Waals surface area (Å²) in [4.78, 5) is 26.3. The van der Waals surface area contributed by atoms with Crippen molar-refractivity contribution in [2.24, 2.45) is 0 Å². The van der Waals surface area contributed by atoms with Crippen molar-refractivity contribution in [3.8, 4) is 0 Å². The molecule has 3 N–H and O–H groups in total. The Labute approximate surface area is 191 Å². The van der Waals surface area contributed by atoms with Crippen LogP contribution in [0.1, 0.15) is 26.3 Å². The molecule has 0 fully saturated rings. The molecule has 8 nitrogen and oxygen atoms in total. The molecular formula is C22H24N2O6S2. The van der Waals surface area contributed by atoms with Gasteiger partial charge in [0.05, 0.1) is 23.7 Å². The number of hydrogen-bond acceptors (Lipinski definition) is 7. The fourth-order valence-corrected chi connectivity index (χ4v) is 4.58. The number of aliphatic hydroxyl groups is 1. The van der Waals surface area contributed by atoms with Crippen molar-refractivity contribution in [3.63, 3.8) is 0 Å². The summed E-state index contributed by atoms with van der Waals surface area (Å²) in [5.41, 5.74) is 1.51. The Morgan fingerprint density at radius 3 is 2.28 bits per heavy atom. The molecule has 2 aromatic rings. The van der Waals surface area contributed by atoms with Crippen molar-refractivity contribution >= 4 is 39.4 Å². The maximum atomic E-state index is 12.5. The number of β-amino-alcohol motifs (C(OH)–C–C–N with tert-alkyl or cyclic N) is 1. The number of imide groups is 1. The molecule has 0 spiro atoms. The summed E-state index contributed by atoms with van der Waals surface area (Å²) >= 11 is 1.25. The first-order chi connectivity index (χ1) is 14.9. The van der Waals surface area contributed by atoms with Gasteiger partial charge in [0.15, 0.2) is 0 Å². The molecule has 0 atom stereocenters. The van der Waals surface area contributed by atoms with Crippen LogP contribution in [0, 0.1) is 0 Å². The number of amides is 2. The smallest absolute Gasteiger partial charge is 0.294 e. The summed E-state index contributed by atoms with van der Waals surface area (Å²) in [5, 5.41) is 11.9. The van der Waals surface area contributed by atoms with E-state index < -0.39 is 21.9 Å². The lowest BCUT2D eigenvalue weighted by Crippen LogP contribution is -2.34. The van der Waals surface area contributed by atoms with E-state index in [4.69, 9.17) is 5.11 Å². The monoisotopic (exact) mass is 476 g/mol. The zero-order valence-corrected chi connectivity index (χ0v) is 19.5. The van der Waals surface area contributed by atoms with Crippen LogP contribution in [-0.4, -0.2) is 47.9 Å². The number of anilines is 1. The Morgan fingerprint density at radius 1 is 1.06 bits per heavy atom. The highest BCUT2D eigenvalue weighted by atomic mass is 32.2. The van der Waals surface area contributed by atoms with Gasteiger partial charge in [0, 0.05) is 15.9 Å². The first-order valence-corrected chi connectivity index (χ1v) is 12.0. The average molecular weight is 477 g/mol. The van der Waals surface area contributed by atoms with E-state index >= 15 is 0 Å². The molecule has 0 aromatic heterocycles. The van der Waals surface area contributed by atoms with Gasteiger partial charge in [-0.05, 0) is 41.3 Å². The zero-order valence-electron chi connectivity index (χ0n) is 17.8. The standard InChI is InChI=1S/C22H24N2O6S2/c1-22(2,3)14-4-6-15(7-5-14)31-19-12-16(32(28,29)30)8-9-17(19)23-18-13-20(26)24(10-11-25)21(18)27/h4-9,12-13,23,25H,10-11H2,1-3H3,(H,28,29,30). The van der Waals surface area contributed by atoms with Gasteiger partial charge >= 0.3 is 0 Å². The van der Waals surface area contributed by atoms with Crippen LogP contribution in [0.5, 0.6) is 0 Å². The number of nitrogens with zero attached hydrogens (tertiary/aromatic N) is 1. The maximum Gasteiger partial charge on any atom is 0.294 e. The van der Waals surface area contributed by atoms with Crippen molar-refractivity contribution in [2.75, 3.05) is 18.5 Å². The molecule has 3 rings (SSSR count). The summed E-state index contributed by atoms with van der Waals surface area (Å²) in [6, 6.07) is 11.7. The van der Waals surface area contributed by atoms with Crippen LogP contribution in [0.4, 0.5) is 5.69 Å². The summed E-state index contributed by atoms with van der Waals surface area (Å²) in [6.07, 6.45) is 1.13. The van der Waals surface area contributed by atoms with Gasteiger partial charge in [0.2, 0.25) is 0 Å². The van der Waals surface area contributed by atoms with Crippen LogP contribution >= 0.6 is 11.8 Å². The fourth-order valence-electron chi connectivity index (χ4n) is 3.06. The first kappa shape index (κ1) is 24.0. The molecule has 2 amide bonds. The van der Waals surface area contributed by atoms with Crippen molar-refractivity contribution in [1.29, 1.82) is 0 Å². The molecule has 0 bridgehead atoms. The molecule has 0 aliphatic carbocycles. The second kappa shape index (κ2) is 9.07. The summed E-state index contributed by atoms with van der Waals surface area (Å²) in [6.45, 7) is 5.82. The third-order valence-corrected chi connectivity index (χ3v) is 6.72. The van der Waals surface area contributed by atoms with Crippen LogP contribution < -0.4 is 5.32 Å². The van der Waals surface area contributed by atoms with Gasteiger partial charge in [-0.25, -0.2) is 0 Å². The third-order valence-electron chi connectivity index (χ3n) is 4.80. The lowest BCUT2D eigenvalue weighted by Gasteiger charge is -2.19. The van der Waals surface area contributed by atoms with Gasteiger partial charge < -0.3 is 10.4 Å². The molecule has 0 saturated carbocycles. The van der Waals surface area contributed by atoms with Gasteiger partial charge in [0.1, 0.15) is 5.70 Å². The number of carbonyl (C=O) groups excluding carboxylic acids is 2. The predicted molar refractivity (Wildman–Crippen MR) is 121 cm³/mol. The molecule has 0 saturated heterocycles. The number of benzene rings is 2. The van der Waals surface area contributed by atoms with E-state index in [1.807, 2.05) is 24.3 Å². The minimum Gasteiger partial charge on any atom is -0.395 e. The minimum absolute atomic E-state index is 0.00739. The van der Waals surface area contributed by atoms with Crippen molar-refractivity contribution in [1.82, 2.24) is 4.90 Å². The van der Waals surface area contributed by atoms with E-state index in [1.165, 1.54) is 30.0 Å². The third kappa shape index (κ3) is 5.39. The Hall–Kier alpha value is -2.66. The molecular weight excluding hydrogens is 452 g/mol. The van der Waals surface area contributed by atoms with Gasteiger partial charge in [-0.1, -0.05) is 44.7 Å². The van der Waals surface area contributed by atoms with E-state index in [1.54, 1.807) is 0 Å². The molecule has 32 heavy (non-hydrogen) atoms. The number of rotatable bonds is 7. The number of nitrogens with one attached hydrogen (secondary N) is 1. The van der Waals surface area contributed by atoms with Crippen molar-refractivity contribution in [2.45, 2.75) is 40.9 Å². The normalized spacial score (nSPS) is 14.7. The summed E-state index contributed by atoms with van der Waals surface area (Å²) in [7, 11) is -4.44. The SMILES string of the molecule is CC(C)(C)c1ccc(Sc2cc(S(=O)(=O)O)ccc2NC2=CC(=O)N(CCO)C2=O)cc1. The second-order valence-electron chi connectivity index (χ2n) is 8.21. The highest BCUT2D eigenvalue weighted by Gasteiger charge is 2.31. The zero-order chi connectivity index (χ0) is 23.7. The lowest BCUT2D eigenvalue weighted by molar-refractivity contribution is -0.137. The maximum absolute atomic E-state index is 12.5. The molecule has 170 valence electrons. The van der Waals surface area contributed by atoms with Crippen LogP contribution in [0.2, 0.25) is 0 Å². The quantitative estimate of drug-likeness (QED) is 0.412. The van der Waals surface area contributed by atoms with Gasteiger partial charge in [-0.3, -0.25) is 19.0 Å². The number of carbonyl (C=O) groups is 2.